The first-order valence-corrected chi connectivity index (χ1v) is 6.68. The van der Waals surface area contributed by atoms with E-state index >= 15 is 0 Å². The van der Waals surface area contributed by atoms with Crippen LogP contribution in [0.1, 0.15) is 33.1 Å². The number of amides is 1. The lowest BCUT2D eigenvalue weighted by molar-refractivity contribution is -0.137. The SMILES string of the molecule is COC1CNC(C(=O)N2CC(C)CCC2C)C1. The van der Waals surface area contributed by atoms with Gasteiger partial charge >= 0.3 is 0 Å². The Morgan fingerprint density at radius 2 is 2.12 bits per heavy atom. The molecule has 0 aromatic rings. The second kappa shape index (κ2) is 5.36. The molecule has 0 saturated carbocycles. The van der Waals surface area contributed by atoms with Gasteiger partial charge in [0.25, 0.3) is 0 Å². The maximum Gasteiger partial charge on any atom is 0.240 e. The topological polar surface area (TPSA) is 41.6 Å². The third kappa shape index (κ3) is 2.80. The fourth-order valence-corrected chi connectivity index (χ4v) is 2.87. The Morgan fingerprint density at radius 1 is 1.35 bits per heavy atom. The molecule has 0 aromatic heterocycles. The highest BCUT2D eigenvalue weighted by Gasteiger charge is 2.35. The number of hydrogen-bond acceptors (Lipinski definition) is 3. The van der Waals surface area contributed by atoms with Gasteiger partial charge in [-0.1, -0.05) is 6.92 Å². The maximum absolute atomic E-state index is 12.4. The van der Waals surface area contributed by atoms with E-state index in [1.54, 1.807) is 7.11 Å². The van der Waals surface area contributed by atoms with Crippen molar-refractivity contribution in [3.8, 4) is 0 Å². The van der Waals surface area contributed by atoms with E-state index in [1.165, 1.54) is 6.42 Å². The molecule has 2 fully saturated rings. The van der Waals surface area contributed by atoms with Crippen molar-refractivity contribution < 1.29 is 9.53 Å². The molecule has 2 heterocycles. The van der Waals surface area contributed by atoms with E-state index in [2.05, 4.69) is 24.1 Å². The van der Waals surface area contributed by atoms with E-state index < -0.39 is 0 Å². The number of methoxy groups -OCH3 is 1. The molecule has 2 aliphatic rings. The van der Waals surface area contributed by atoms with Crippen molar-refractivity contribution in [1.82, 2.24) is 10.2 Å². The number of ether oxygens (including phenoxy) is 1. The van der Waals surface area contributed by atoms with Crippen molar-refractivity contribution in [2.24, 2.45) is 5.92 Å². The zero-order valence-electron chi connectivity index (χ0n) is 11.1. The van der Waals surface area contributed by atoms with Crippen LogP contribution < -0.4 is 5.32 Å². The van der Waals surface area contributed by atoms with Crippen LogP contribution in [0.3, 0.4) is 0 Å². The van der Waals surface area contributed by atoms with Gasteiger partial charge in [-0.05, 0) is 32.1 Å². The average molecular weight is 240 g/mol. The van der Waals surface area contributed by atoms with E-state index in [4.69, 9.17) is 4.74 Å². The molecule has 4 nitrogen and oxygen atoms in total. The number of carbonyl (C=O) groups is 1. The molecule has 0 bridgehead atoms. The first-order chi connectivity index (χ1) is 8.11. The summed E-state index contributed by atoms with van der Waals surface area (Å²) in [5.41, 5.74) is 0. The van der Waals surface area contributed by atoms with E-state index in [0.717, 1.165) is 25.9 Å². The Hall–Kier alpha value is -0.610. The Morgan fingerprint density at radius 3 is 2.76 bits per heavy atom. The average Bonchev–Trinajstić information content (AvgIpc) is 2.80. The summed E-state index contributed by atoms with van der Waals surface area (Å²) in [5.74, 6) is 0.901. The first kappa shape index (κ1) is 12.8. The largest absolute Gasteiger partial charge is 0.380 e. The van der Waals surface area contributed by atoms with Gasteiger partial charge in [-0.15, -0.1) is 0 Å². The summed E-state index contributed by atoms with van der Waals surface area (Å²) in [6, 6.07) is 0.356. The molecule has 1 N–H and O–H groups in total. The summed E-state index contributed by atoms with van der Waals surface area (Å²) in [7, 11) is 1.71. The molecule has 4 unspecified atom stereocenters. The summed E-state index contributed by atoms with van der Waals surface area (Å²) in [6.45, 7) is 6.10. The normalized spacial score (nSPS) is 38.4. The third-order valence-corrected chi connectivity index (χ3v) is 4.12. The summed E-state index contributed by atoms with van der Waals surface area (Å²) in [6.07, 6.45) is 3.38. The molecule has 0 radical (unpaired) electrons. The fourth-order valence-electron chi connectivity index (χ4n) is 2.87. The third-order valence-electron chi connectivity index (χ3n) is 4.12. The van der Waals surface area contributed by atoms with E-state index in [0.29, 0.717) is 12.0 Å². The summed E-state index contributed by atoms with van der Waals surface area (Å²) >= 11 is 0. The highest BCUT2D eigenvalue weighted by molar-refractivity contribution is 5.82. The van der Waals surface area contributed by atoms with E-state index in [-0.39, 0.29) is 18.1 Å². The minimum atomic E-state index is -0.0345. The predicted molar refractivity (Wildman–Crippen MR) is 66.8 cm³/mol. The van der Waals surface area contributed by atoms with E-state index in [1.807, 2.05) is 0 Å². The zero-order valence-corrected chi connectivity index (χ0v) is 11.1. The Balaban J connectivity index is 1.94. The monoisotopic (exact) mass is 240 g/mol. The lowest BCUT2D eigenvalue weighted by Crippen LogP contribution is -2.51. The van der Waals surface area contributed by atoms with Gasteiger partial charge < -0.3 is 15.0 Å². The molecular formula is C13H24N2O2. The molecule has 0 aromatic carbocycles. The van der Waals surface area contributed by atoms with Gasteiger partial charge in [0.2, 0.25) is 5.91 Å². The second-order valence-corrected chi connectivity index (χ2v) is 5.58. The fraction of sp³-hybridized carbons (Fsp3) is 0.923. The number of nitrogens with one attached hydrogen (secondary N) is 1. The smallest absolute Gasteiger partial charge is 0.240 e. The van der Waals surface area contributed by atoms with Crippen LogP contribution in [0.15, 0.2) is 0 Å². The Labute approximate surface area is 104 Å². The van der Waals surface area contributed by atoms with Crippen LogP contribution in [0.4, 0.5) is 0 Å². The van der Waals surface area contributed by atoms with Gasteiger partial charge in [-0.3, -0.25) is 4.79 Å². The van der Waals surface area contributed by atoms with Crippen LogP contribution in [-0.4, -0.2) is 49.2 Å². The summed E-state index contributed by atoms with van der Waals surface area (Å²) in [5, 5.41) is 3.27. The zero-order chi connectivity index (χ0) is 12.4. The molecule has 98 valence electrons. The van der Waals surface area contributed by atoms with Crippen molar-refractivity contribution >= 4 is 5.91 Å². The molecule has 4 atom stereocenters. The van der Waals surface area contributed by atoms with Crippen LogP contribution in [0.2, 0.25) is 0 Å². The maximum atomic E-state index is 12.4. The van der Waals surface area contributed by atoms with Gasteiger partial charge in [0, 0.05) is 26.2 Å². The molecule has 4 heteroatoms. The van der Waals surface area contributed by atoms with Crippen molar-refractivity contribution in [3.05, 3.63) is 0 Å². The minimum absolute atomic E-state index is 0.0345. The number of piperidine rings is 1. The van der Waals surface area contributed by atoms with E-state index in [9.17, 15) is 4.79 Å². The first-order valence-electron chi connectivity index (χ1n) is 6.68. The molecular weight excluding hydrogens is 216 g/mol. The van der Waals surface area contributed by atoms with Gasteiger partial charge in [0.15, 0.2) is 0 Å². The number of likely N-dealkylation sites (tertiary alicyclic amines) is 1. The van der Waals surface area contributed by atoms with Crippen molar-refractivity contribution in [2.75, 3.05) is 20.2 Å². The van der Waals surface area contributed by atoms with Crippen LogP contribution in [0.5, 0.6) is 0 Å². The molecule has 2 aliphatic heterocycles. The van der Waals surface area contributed by atoms with Crippen molar-refractivity contribution in [2.45, 2.75) is 51.3 Å². The molecule has 0 aliphatic carbocycles. The van der Waals surface area contributed by atoms with Gasteiger partial charge in [0.1, 0.15) is 0 Å². The van der Waals surface area contributed by atoms with Gasteiger partial charge in [-0.2, -0.15) is 0 Å². The lowest BCUT2D eigenvalue weighted by atomic mass is 9.94. The van der Waals surface area contributed by atoms with Gasteiger partial charge in [-0.25, -0.2) is 0 Å². The Bertz CT molecular complexity index is 283. The number of carbonyl (C=O) groups excluding carboxylic acids is 1. The molecule has 2 rings (SSSR count). The minimum Gasteiger partial charge on any atom is -0.380 e. The van der Waals surface area contributed by atoms with Crippen molar-refractivity contribution in [1.29, 1.82) is 0 Å². The van der Waals surface area contributed by atoms with Crippen LogP contribution in [0.25, 0.3) is 0 Å². The van der Waals surface area contributed by atoms with Crippen LogP contribution in [0, 0.1) is 5.92 Å². The molecule has 1 amide bonds. The highest BCUT2D eigenvalue weighted by Crippen LogP contribution is 2.23. The predicted octanol–water partition coefficient (Wildman–Crippen LogP) is 1.01. The summed E-state index contributed by atoms with van der Waals surface area (Å²) in [4.78, 5) is 14.5. The van der Waals surface area contributed by atoms with Crippen molar-refractivity contribution in [3.63, 3.8) is 0 Å². The quantitative estimate of drug-likeness (QED) is 0.783. The lowest BCUT2D eigenvalue weighted by Gasteiger charge is -2.38. The Kier molecular flexibility index (Phi) is 4.05. The number of rotatable bonds is 2. The number of hydrogen-bond donors (Lipinski definition) is 1. The highest BCUT2D eigenvalue weighted by atomic mass is 16.5. The summed E-state index contributed by atoms with van der Waals surface area (Å²) < 4.78 is 5.29. The second-order valence-electron chi connectivity index (χ2n) is 5.58. The van der Waals surface area contributed by atoms with Gasteiger partial charge in [0.05, 0.1) is 12.1 Å². The van der Waals surface area contributed by atoms with Crippen LogP contribution >= 0.6 is 0 Å². The number of nitrogens with zero attached hydrogens (tertiary/aromatic N) is 1. The molecule has 2 saturated heterocycles. The molecule has 17 heavy (non-hydrogen) atoms. The standard InChI is InChI=1S/C13H24N2O2/c1-9-4-5-10(2)15(8-9)13(16)12-6-11(17-3)7-14-12/h9-12,14H,4-8H2,1-3H3. The van der Waals surface area contributed by atoms with Crippen LogP contribution in [-0.2, 0) is 9.53 Å². The molecule has 0 spiro atoms.